The van der Waals surface area contributed by atoms with Crippen LogP contribution in [0.3, 0.4) is 0 Å². The zero-order valence-electron chi connectivity index (χ0n) is 12.9. The molecule has 0 radical (unpaired) electrons. The smallest absolute Gasteiger partial charge is 0.101 e. The number of hydrogen-bond acceptors (Lipinski definition) is 4. The van der Waals surface area contributed by atoms with Crippen molar-refractivity contribution in [3.8, 4) is 0 Å². The molecule has 0 saturated carbocycles. The van der Waals surface area contributed by atoms with Crippen molar-refractivity contribution in [2.75, 3.05) is 41.0 Å². The Morgan fingerprint density at radius 3 is 2.53 bits per heavy atom. The molecule has 112 valence electrons. The van der Waals surface area contributed by atoms with Gasteiger partial charge in [-0.25, -0.2) is 0 Å². The number of aliphatic hydroxyl groups excluding tert-OH is 1. The number of hydrogen-bond donors (Lipinski definition) is 1. The number of aliphatic hydroxyl groups is 1. The van der Waals surface area contributed by atoms with Crippen LogP contribution in [0, 0.1) is 5.92 Å². The Morgan fingerprint density at radius 2 is 2.05 bits per heavy atom. The van der Waals surface area contributed by atoms with Gasteiger partial charge in [-0.05, 0) is 21.0 Å². The largest absolute Gasteiger partial charge is 0.389 e. The predicted octanol–water partition coefficient (Wildman–Crippen LogP) is 1.71. The topological polar surface area (TPSA) is 41.9 Å². The molecule has 0 aliphatic carbocycles. The van der Waals surface area contributed by atoms with Gasteiger partial charge in [0.2, 0.25) is 0 Å². The molecule has 0 amide bonds. The van der Waals surface area contributed by atoms with E-state index < -0.39 is 6.10 Å². The van der Waals surface area contributed by atoms with Crippen LogP contribution >= 0.6 is 0 Å². The van der Waals surface area contributed by atoms with Gasteiger partial charge in [-0.1, -0.05) is 24.6 Å². The van der Waals surface area contributed by atoms with Crippen LogP contribution in [0.15, 0.2) is 24.3 Å². The van der Waals surface area contributed by atoms with Crippen LogP contribution < -0.4 is 0 Å². The van der Waals surface area contributed by atoms with Gasteiger partial charge < -0.3 is 19.5 Å². The molecular weight excluding hydrogens is 242 g/mol. The van der Waals surface area contributed by atoms with Gasteiger partial charge in [-0.2, -0.15) is 0 Å². The van der Waals surface area contributed by atoms with E-state index in [1.54, 1.807) is 13.2 Å². The van der Waals surface area contributed by atoms with Crippen molar-refractivity contribution in [3.63, 3.8) is 0 Å². The molecule has 4 heteroatoms. The average molecular weight is 271 g/mol. The molecule has 0 aliphatic heterocycles. The van der Waals surface area contributed by atoms with Crippen molar-refractivity contribution >= 4 is 0 Å². The SMILES string of the molecule is C=CC(OC)C(O)C(C)C=C(C)COCCN(C)C. The van der Waals surface area contributed by atoms with E-state index in [9.17, 15) is 5.11 Å². The molecule has 0 aromatic heterocycles. The minimum absolute atomic E-state index is 0.000369. The van der Waals surface area contributed by atoms with E-state index >= 15 is 0 Å². The first-order valence-corrected chi connectivity index (χ1v) is 6.65. The van der Waals surface area contributed by atoms with Gasteiger partial charge in [0, 0.05) is 19.6 Å². The number of methoxy groups -OCH3 is 1. The van der Waals surface area contributed by atoms with Crippen molar-refractivity contribution in [1.82, 2.24) is 4.90 Å². The highest BCUT2D eigenvalue weighted by Crippen LogP contribution is 2.14. The van der Waals surface area contributed by atoms with E-state index in [0.29, 0.717) is 13.2 Å². The first-order valence-electron chi connectivity index (χ1n) is 6.65. The lowest BCUT2D eigenvalue weighted by atomic mass is 9.97. The Bertz CT molecular complexity index is 277. The van der Waals surface area contributed by atoms with Crippen LogP contribution in [-0.2, 0) is 9.47 Å². The highest BCUT2D eigenvalue weighted by molar-refractivity contribution is 5.04. The molecule has 0 spiro atoms. The lowest BCUT2D eigenvalue weighted by Crippen LogP contribution is -2.31. The van der Waals surface area contributed by atoms with Gasteiger partial charge in [0.1, 0.15) is 6.10 Å². The molecule has 19 heavy (non-hydrogen) atoms. The fourth-order valence-electron chi connectivity index (χ4n) is 1.75. The maximum atomic E-state index is 10.1. The number of nitrogens with zero attached hydrogens (tertiary/aromatic N) is 1. The molecule has 0 fully saturated rings. The fourth-order valence-corrected chi connectivity index (χ4v) is 1.75. The van der Waals surface area contributed by atoms with Crippen LogP contribution in [0.25, 0.3) is 0 Å². The van der Waals surface area contributed by atoms with Crippen molar-refractivity contribution in [2.24, 2.45) is 5.92 Å². The Morgan fingerprint density at radius 1 is 1.42 bits per heavy atom. The fraction of sp³-hybridized carbons (Fsp3) is 0.733. The van der Waals surface area contributed by atoms with Crippen molar-refractivity contribution in [2.45, 2.75) is 26.1 Å². The van der Waals surface area contributed by atoms with Gasteiger partial charge in [-0.3, -0.25) is 0 Å². The maximum Gasteiger partial charge on any atom is 0.101 e. The van der Waals surface area contributed by atoms with Crippen molar-refractivity contribution in [1.29, 1.82) is 0 Å². The summed E-state index contributed by atoms with van der Waals surface area (Å²) in [6, 6.07) is 0. The molecule has 3 unspecified atom stereocenters. The van der Waals surface area contributed by atoms with Crippen LogP contribution in [0.5, 0.6) is 0 Å². The third kappa shape index (κ3) is 8.16. The maximum absolute atomic E-state index is 10.1. The molecule has 0 bridgehead atoms. The quantitative estimate of drug-likeness (QED) is 0.485. The van der Waals surface area contributed by atoms with Crippen molar-refractivity contribution < 1.29 is 14.6 Å². The summed E-state index contributed by atoms with van der Waals surface area (Å²) >= 11 is 0. The van der Waals surface area contributed by atoms with E-state index in [2.05, 4.69) is 11.5 Å². The molecular formula is C15H29NO3. The molecule has 4 nitrogen and oxygen atoms in total. The zero-order valence-corrected chi connectivity index (χ0v) is 12.9. The number of ether oxygens (including phenoxy) is 2. The second-order valence-electron chi connectivity index (χ2n) is 5.15. The monoisotopic (exact) mass is 271 g/mol. The molecule has 0 aliphatic rings. The summed E-state index contributed by atoms with van der Waals surface area (Å²) in [6.45, 7) is 9.84. The van der Waals surface area contributed by atoms with E-state index in [-0.39, 0.29) is 12.0 Å². The van der Waals surface area contributed by atoms with E-state index in [4.69, 9.17) is 9.47 Å². The van der Waals surface area contributed by atoms with Crippen LogP contribution in [0.2, 0.25) is 0 Å². The second kappa shape index (κ2) is 10.1. The first-order chi connectivity index (χ1) is 8.92. The van der Waals surface area contributed by atoms with Crippen LogP contribution in [0.4, 0.5) is 0 Å². The van der Waals surface area contributed by atoms with Gasteiger partial charge in [-0.15, -0.1) is 6.58 Å². The van der Waals surface area contributed by atoms with Gasteiger partial charge in [0.25, 0.3) is 0 Å². The van der Waals surface area contributed by atoms with Crippen molar-refractivity contribution in [3.05, 3.63) is 24.3 Å². The van der Waals surface area contributed by atoms with Crippen LogP contribution in [0.1, 0.15) is 13.8 Å². The molecule has 0 rings (SSSR count). The normalized spacial score (nSPS) is 17.3. The minimum atomic E-state index is -0.584. The standard InChI is InChI=1S/C15H29NO3/c1-7-14(18-6)15(17)13(3)10-12(2)11-19-9-8-16(4)5/h7,10,13-15,17H,1,8-9,11H2,2-6H3. The number of rotatable bonds is 10. The van der Waals surface area contributed by atoms with Gasteiger partial charge >= 0.3 is 0 Å². The molecule has 0 aromatic rings. The highest BCUT2D eigenvalue weighted by atomic mass is 16.5. The van der Waals surface area contributed by atoms with Gasteiger partial charge in [0.05, 0.1) is 19.3 Å². The summed E-state index contributed by atoms with van der Waals surface area (Å²) in [6.07, 6.45) is 2.72. The highest BCUT2D eigenvalue weighted by Gasteiger charge is 2.20. The third-order valence-corrected chi connectivity index (χ3v) is 2.94. The summed E-state index contributed by atoms with van der Waals surface area (Å²) in [7, 11) is 5.61. The minimum Gasteiger partial charge on any atom is -0.389 e. The average Bonchev–Trinajstić information content (AvgIpc) is 2.35. The zero-order chi connectivity index (χ0) is 14.8. The number of likely N-dealkylation sites (N-methyl/N-ethyl adjacent to an activating group) is 1. The Kier molecular flexibility index (Phi) is 9.79. The van der Waals surface area contributed by atoms with E-state index in [0.717, 1.165) is 12.1 Å². The first kappa shape index (κ1) is 18.3. The summed E-state index contributed by atoms with van der Waals surface area (Å²) in [4.78, 5) is 2.08. The van der Waals surface area contributed by atoms with E-state index in [1.807, 2.05) is 34.0 Å². The molecule has 0 saturated heterocycles. The lowest BCUT2D eigenvalue weighted by Gasteiger charge is -2.22. The summed E-state index contributed by atoms with van der Waals surface area (Å²) in [5.41, 5.74) is 1.12. The second-order valence-corrected chi connectivity index (χ2v) is 5.15. The molecule has 1 N–H and O–H groups in total. The van der Waals surface area contributed by atoms with Gasteiger partial charge in [0.15, 0.2) is 0 Å². The molecule has 0 heterocycles. The third-order valence-electron chi connectivity index (χ3n) is 2.94. The van der Waals surface area contributed by atoms with Crippen LogP contribution in [-0.4, -0.2) is 63.2 Å². The summed E-state index contributed by atoms with van der Waals surface area (Å²) in [5.74, 6) is 0.000369. The Hall–Kier alpha value is -0.680. The Labute approximate surface area is 117 Å². The summed E-state index contributed by atoms with van der Waals surface area (Å²) in [5, 5.41) is 10.1. The van der Waals surface area contributed by atoms with E-state index in [1.165, 1.54) is 0 Å². The molecule has 0 aromatic carbocycles. The predicted molar refractivity (Wildman–Crippen MR) is 79.3 cm³/mol. The summed E-state index contributed by atoms with van der Waals surface area (Å²) < 4.78 is 10.7. The lowest BCUT2D eigenvalue weighted by molar-refractivity contribution is -0.00170. The Balaban J connectivity index is 4.15. The molecule has 3 atom stereocenters.